The van der Waals surface area contributed by atoms with Crippen molar-refractivity contribution in [2.24, 2.45) is 5.92 Å². The second-order valence-corrected chi connectivity index (χ2v) is 6.25. The Morgan fingerprint density at radius 2 is 1.92 bits per heavy atom. The lowest BCUT2D eigenvalue weighted by molar-refractivity contribution is 0.0601. The van der Waals surface area contributed by atoms with E-state index in [0.717, 1.165) is 19.5 Å². The Labute approximate surface area is 148 Å². The van der Waals surface area contributed by atoms with Gasteiger partial charge in [0.1, 0.15) is 0 Å². The van der Waals surface area contributed by atoms with E-state index in [4.69, 9.17) is 26.4 Å². The molecule has 6 nitrogen and oxygen atoms in total. The van der Waals surface area contributed by atoms with Crippen LogP contribution in [0.4, 0.5) is 5.69 Å². The maximum atomic E-state index is 12.1. The molecule has 1 aliphatic rings. The maximum absolute atomic E-state index is 12.1. The molecule has 1 atom stereocenters. The molecule has 1 N–H and O–H groups in total. The first kappa shape index (κ1) is 18.3. The summed E-state index contributed by atoms with van der Waals surface area (Å²) in [6, 6.07) is 3.29. The van der Waals surface area contributed by atoms with E-state index in [2.05, 4.69) is 17.1 Å². The van der Waals surface area contributed by atoms with Gasteiger partial charge in [0.15, 0.2) is 16.6 Å². The summed E-state index contributed by atoms with van der Waals surface area (Å²) in [5.74, 6) is 1.11. The summed E-state index contributed by atoms with van der Waals surface area (Å²) in [5, 5.41) is 3.76. The Bertz CT molecular complexity index is 621. The van der Waals surface area contributed by atoms with Crippen molar-refractivity contribution in [1.82, 2.24) is 4.90 Å². The van der Waals surface area contributed by atoms with E-state index in [1.165, 1.54) is 20.6 Å². The van der Waals surface area contributed by atoms with Gasteiger partial charge in [0.2, 0.25) is 0 Å². The van der Waals surface area contributed by atoms with E-state index in [-0.39, 0.29) is 0 Å². The van der Waals surface area contributed by atoms with Crippen LogP contribution in [0.2, 0.25) is 0 Å². The molecule has 1 aromatic rings. The highest BCUT2D eigenvalue weighted by Crippen LogP contribution is 2.34. The zero-order valence-corrected chi connectivity index (χ0v) is 15.4. The highest BCUT2D eigenvalue weighted by molar-refractivity contribution is 7.80. The number of rotatable bonds is 4. The first-order chi connectivity index (χ1) is 11.5. The predicted molar refractivity (Wildman–Crippen MR) is 97.1 cm³/mol. The molecule has 2 rings (SSSR count). The number of ether oxygens (including phenoxy) is 3. The fourth-order valence-electron chi connectivity index (χ4n) is 2.83. The number of nitrogens with one attached hydrogen (secondary N) is 1. The second-order valence-electron chi connectivity index (χ2n) is 5.87. The van der Waals surface area contributed by atoms with Crippen LogP contribution in [0, 0.1) is 5.92 Å². The zero-order valence-electron chi connectivity index (χ0n) is 14.5. The number of anilines is 1. The predicted octanol–water partition coefficient (Wildman–Crippen LogP) is 2.92. The number of carbonyl (C=O) groups is 1. The lowest BCUT2D eigenvalue weighted by Gasteiger charge is -2.33. The minimum Gasteiger partial charge on any atom is -0.493 e. The molecule has 0 unspecified atom stereocenters. The first-order valence-corrected chi connectivity index (χ1v) is 8.31. The summed E-state index contributed by atoms with van der Waals surface area (Å²) in [6.07, 6.45) is 2.32. The summed E-state index contributed by atoms with van der Waals surface area (Å²) >= 11 is 5.52. The van der Waals surface area contributed by atoms with E-state index in [1.807, 2.05) is 0 Å². The van der Waals surface area contributed by atoms with Crippen molar-refractivity contribution in [1.29, 1.82) is 0 Å². The van der Waals surface area contributed by atoms with Crippen LogP contribution in [0.1, 0.15) is 30.1 Å². The molecule has 0 amide bonds. The summed E-state index contributed by atoms with van der Waals surface area (Å²) < 4.78 is 15.4. The lowest BCUT2D eigenvalue weighted by atomic mass is 10.0. The standard InChI is InChI=1S/C17H24N2O4S/c1-11-6-5-7-19(10-11)17(24)18-13-9-15(22-3)14(21-2)8-12(13)16(20)23-4/h8-9,11H,5-7,10H2,1-4H3,(H,18,24)/t11-/m0/s1. The highest BCUT2D eigenvalue weighted by Gasteiger charge is 2.22. The fraction of sp³-hybridized carbons (Fsp3) is 0.529. The molecule has 1 saturated heterocycles. The minimum absolute atomic E-state index is 0.350. The number of nitrogens with zero attached hydrogens (tertiary/aromatic N) is 1. The van der Waals surface area contributed by atoms with E-state index < -0.39 is 5.97 Å². The van der Waals surface area contributed by atoms with Gasteiger partial charge in [-0.3, -0.25) is 0 Å². The van der Waals surface area contributed by atoms with E-state index in [9.17, 15) is 4.79 Å². The molecule has 0 bridgehead atoms. The van der Waals surface area contributed by atoms with Gasteiger partial charge in [0.25, 0.3) is 0 Å². The van der Waals surface area contributed by atoms with E-state index >= 15 is 0 Å². The van der Waals surface area contributed by atoms with Crippen molar-refractivity contribution >= 4 is 29.0 Å². The molecule has 0 saturated carbocycles. The number of carbonyl (C=O) groups excluding carboxylic acids is 1. The normalized spacial score (nSPS) is 17.2. The topological polar surface area (TPSA) is 60.0 Å². The van der Waals surface area contributed by atoms with Gasteiger partial charge in [-0.1, -0.05) is 6.92 Å². The molecular formula is C17H24N2O4S. The molecule has 0 aliphatic carbocycles. The van der Waals surface area contributed by atoms with Crippen LogP contribution < -0.4 is 14.8 Å². The van der Waals surface area contributed by atoms with Crippen molar-refractivity contribution in [3.05, 3.63) is 17.7 Å². The largest absolute Gasteiger partial charge is 0.493 e. The molecule has 0 spiro atoms. The number of hydrogen-bond acceptors (Lipinski definition) is 5. The number of hydrogen-bond donors (Lipinski definition) is 1. The molecule has 1 heterocycles. The molecule has 24 heavy (non-hydrogen) atoms. The van der Waals surface area contributed by atoms with Crippen molar-refractivity contribution in [3.63, 3.8) is 0 Å². The van der Waals surface area contributed by atoms with Crippen LogP contribution in [0.25, 0.3) is 0 Å². The van der Waals surface area contributed by atoms with Crippen LogP contribution in [0.3, 0.4) is 0 Å². The molecule has 0 aromatic heterocycles. The number of likely N-dealkylation sites (tertiary alicyclic amines) is 1. The number of benzene rings is 1. The van der Waals surface area contributed by atoms with Gasteiger partial charge < -0.3 is 24.4 Å². The summed E-state index contributed by atoms with van der Waals surface area (Å²) in [5.41, 5.74) is 0.894. The average Bonchev–Trinajstić information content (AvgIpc) is 2.60. The number of methoxy groups -OCH3 is 3. The highest BCUT2D eigenvalue weighted by atomic mass is 32.1. The lowest BCUT2D eigenvalue weighted by Crippen LogP contribution is -2.41. The van der Waals surface area contributed by atoms with Crippen molar-refractivity contribution < 1.29 is 19.0 Å². The number of piperidine rings is 1. The molecule has 1 fully saturated rings. The van der Waals surface area contributed by atoms with Gasteiger partial charge in [-0.05, 0) is 31.0 Å². The molecule has 1 aliphatic heterocycles. The third-order valence-corrected chi connectivity index (χ3v) is 4.48. The molecule has 1 aromatic carbocycles. The maximum Gasteiger partial charge on any atom is 0.340 e. The fourth-order valence-corrected chi connectivity index (χ4v) is 3.11. The quantitative estimate of drug-likeness (QED) is 0.660. The van der Waals surface area contributed by atoms with E-state index in [0.29, 0.717) is 33.8 Å². The Kier molecular flexibility index (Phi) is 6.25. The third-order valence-electron chi connectivity index (χ3n) is 4.11. The smallest absolute Gasteiger partial charge is 0.340 e. The summed E-state index contributed by atoms with van der Waals surface area (Å²) in [7, 11) is 4.41. The second kappa shape index (κ2) is 8.19. The summed E-state index contributed by atoms with van der Waals surface area (Å²) in [6.45, 7) is 4.04. The Balaban J connectivity index is 2.29. The first-order valence-electron chi connectivity index (χ1n) is 7.90. The Hall–Kier alpha value is -2.02. The van der Waals surface area contributed by atoms with Gasteiger partial charge in [-0.2, -0.15) is 0 Å². The van der Waals surface area contributed by atoms with Gasteiger partial charge >= 0.3 is 5.97 Å². The van der Waals surface area contributed by atoms with Crippen molar-refractivity contribution in [3.8, 4) is 11.5 Å². The van der Waals surface area contributed by atoms with Crippen LogP contribution in [0.15, 0.2) is 12.1 Å². The van der Waals surface area contributed by atoms with Crippen LogP contribution in [-0.4, -0.2) is 50.4 Å². The number of esters is 1. The third kappa shape index (κ3) is 4.08. The molecule has 0 radical (unpaired) electrons. The molecular weight excluding hydrogens is 328 g/mol. The molecule has 132 valence electrons. The minimum atomic E-state index is -0.465. The zero-order chi connectivity index (χ0) is 17.7. The summed E-state index contributed by atoms with van der Waals surface area (Å²) in [4.78, 5) is 14.2. The van der Waals surface area contributed by atoms with Gasteiger partial charge in [0, 0.05) is 25.2 Å². The SMILES string of the molecule is COC(=O)c1cc(OC)c(OC)cc1NC(=S)N1CCC[C@H](C)C1. The van der Waals surface area contributed by atoms with Crippen molar-refractivity contribution in [2.75, 3.05) is 39.7 Å². The Morgan fingerprint density at radius 3 is 2.50 bits per heavy atom. The van der Waals surface area contributed by atoms with Crippen LogP contribution in [0.5, 0.6) is 11.5 Å². The van der Waals surface area contributed by atoms with Gasteiger partial charge in [-0.15, -0.1) is 0 Å². The average molecular weight is 352 g/mol. The van der Waals surface area contributed by atoms with Crippen LogP contribution >= 0.6 is 12.2 Å². The number of thiocarbonyl (C=S) groups is 1. The van der Waals surface area contributed by atoms with Gasteiger partial charge in [-0.25, -0.2) is 4.79 Å². The van der Waals surface area contributed by atoms with Crippen LogP contribution in [-0.2, 0) is 4.74 Å². The van der Waals surface area contributed by atoms with E-state index in [1.54, 1.807) is 19.2 Å². The molecule has 7 heteroatoms. The van der Waals surface area contributed by atoms with Gasteiger partial charge in [0.05, 0.1) is 32.6 Å². The monoisotopic (exact) mass is 352 g/mol. The Morgan fingerprint density at radius 1 is 1.25 bits per heavy atom. The van der Waals surface area contributed by atoms with Crippen molar-refractivity contribution in [2.45, 2.75) is 19.8 Å².